The third kappa shape index (κ3) is 3.40. The predicted octanol–water partition coefficient (Wildman–Crippen LogP) is 2.01. The van der Waals surface area contributed by atoms with Crippen molar-refractivity contribution in [2.45, 2.75) is 30.9 Å². The molecule has 1 atom stereocenters. The van der Waals surface area contributed by atoms with Crippen molar-refractivity contribution in [3.63, 3.8) is 0 Å². The number of aromatic nitrogens is 3. The molecule has 0 bridgehead atoms. The number of ether oxygens (including phenoxy) is 1. The number of nitrogens with zero attached hydrogens (tertiary/aromatic N) is 4. The molecule has 1 unspecified atom stereocenters. The van der Waals surface area contributed by atoms with Crippen LogP contribution in [0.15, 0.2) is 29.7 Å². The van der Waals surface area contributed by atoms with Gasteiger partial charge in [-0.25, -0.2) is 13.4 Å². The summed E-state index contributed by atoms with van der Waals surface area (Å²) in [7, 11) is -1.85. The highest BCUT2D eigenvalue weighted by Crippen LogP contribution is 2.27. The molecule has 24 heavy (non-hydrogen) atoms. The zero-order valence-corrected chi connectivity index (χ0v) is 15.1. The first kappa shape index (κ1) is 17.2. The topological polar surface area (TPSA) is 77.3 Å². The second kappa shape index (κ2) is 6.70. The number of sulfonamides is 1. The second-order valence-corrected chi connectivity index (χ2v) is 8.08. The van der Waals surface area contributed by atoms with E-state index in [1.165, 1.54) is 16.7 Å². The van der Waals surface area contributed by atoms with Crippen LogP contribution in [0, 0.1) is 6.92 Å². The van der Waals surface area contributed by atoms with Crippen molar-refractivity contribution in [3.05, 3.63) is 35.5 Å². The predicted molar refractivity (Wildman–Crippen MR) is 89.6 cm³/mol. The van der Waals surface area contributed by atoms with Gasteiger partial charge in [0, 0.05) is 38.2 Å². The molecule has 0 N–H and O–H groups in total. The van der Waals surface area contributed by atoms with Crippen molar-refractivity contribution in [1.82, 2.24) is 18.8 Å². The number of imidazole rings is 1. The summed E-state index contributed by atoms with van der Waals surface area (Å²) in [5.74, 6) is 1.17. The minimum Gasteiger partial charge on any atom is -0.487 e. The van der Waals surface area contributed by atoms with Gasteiger partial charge in [0.25, 0.3) is 10.0 Å². The van der Waals surface area contributed by atoms with Gasteiger partial charge in [-0.05, 0) is 19.8 Å². The Morgan fingerprint density at radius 3 is 2.88 bits per heavy atom. The normalized spacial score (nSPS) is 19.4. The second-order valence-electron chi connectivity index (χ2n) is 5.79. The van der Waals surface area contributed by atoms with E-state index in [1.807, 2.05) is 0 Å². The average molecular weight is 371 g/mol. The molecule has 0 aliphatic carbocycles. The molecule has 3 heterocycles. The van der Waals surface area contributed by atoms with Crippen LogP contribution in [0.1, 0.15) is 18.7 Å². The highest BCUT2D eigenvalue weighted by atomic mass is 35.5. The van der Waals surface area contributed by atoms with Crippen LogP contribution >= 0.6 is 11.6 Å². The molecule has 1 saturated heterocycles. The van der Waals surface area contributed by atoms with Gasteiger partial charge in [0.05, 0.1) is 6.54 Å². The Kier molecular flexibility index (Phi) is 4.80. The maximum Gasteiger partial charge on any atom is 0.262 e. The number of hydrogen-bond donors (Lipinski definition) is 0. The molecule has 1 aliphatic rings. The minimum atomic E-state index is -3.62. The van der Waals surface area contributed by atoms with E-state index in [1.54, 1.807) is 30.8 Å². The van der Waals surface area contributed by atoms with Crippen LogP contribution in [0.5, 0.6) is 5.75 Å². The van der Waals surface area contributed by atoms with Crippen LogP contribution in [0.2, 0.25) is 5.02 Å². The Morgan fingerprint density at radius 1 is 1.42 bits per heavy atom. The molecule has 1 fully saturated rings. The molecule has 3 rings (SSSR count). The molecule has 0 aromatic carbocycles. The summed E-state index contributed by atoms with van der Waals surface area (Å²) in [6.07, 6.45) is 5.87. The van der Waals surface area contributed by atoms with Crippen molar-refractivity contribution in [1.29, 1.82) is 0 Å². The summed E-state index contributed by atoms with van der Waals surface area (Å²) >= 11 is 6.05. The highest BCUT2D eigenvalue weighted by Gasteiger charge is 2.33. The van der Waals surface area contributed by atoms with E-state index in [2.05, 4.69) is 9.97 Å². The molecule has 2 aromatic heterocycles. The van der Waals surface area contributed by atoms with Crippen molar-refractivity contribution >= 4 is 21.6 Å². The summed E-state index contributed by atoms with van der Waals surface area (Å²) in [6.45, 7) is 2.51. The molecule has 0 amide bonds. The average Bonchev–Trinajstić information content (AvgIpc) is 2.90. The molecule has 2 aromatic rings. The van der Waals surface area contributed by atoms with Crippen LogP contribution in [-0.2, 0) is 17.1 Å². The van der Waals surface area contributed by atoms with Crippen molar-refractivity contribution < 1.29 is 13.2 Å². The van der Waals surface area contributed by atoms with Crippen LogP contribution in [0.4, 0.5) is 0 Å². The Hall–Kier alpha value is -1.64. The summed E-state index contributed by atoms with van der Waals surface area (Å²) in [5.41, 5.74) is 0. The molecular weight excluding hydrogens is 352 g/mol. The van der Waals surface area contributed by atoms with Crippen LogP contribution < -0.4 is 4.74 Å². The molecule has 130 valence electrons. The molecule has 1 aliphatic heterocycles. The van der Waals surface area contributed by atoms with E-state index in [0.717, 1.165) is 12.8 Å². The number of piperidine rings is 1. The van der Waals surface area contributed by atoms with Gasteiger partial charge in [0.15, 0.2) is 5.03 Å². The number of hydrogen-bond acceptors (Lipinski definition) is 5. The van der Waals surface area contributed by atoms with Crippen LogP contribution in [0.3, 0.4) is 0 Å². The number of halogens is 1. The lowest BCUT2D eigenvalue weighted by atomic mass is 10.1. The molecule has 0 radical (unpaired) electrons. The maximum atomic E-state index is 12.8. The molecule has 9 heteroatoms. The first-order chi connectivity index (χ1) is 11.4. The summed E-state index contributed by atoms with van der Waals surface area (Å²) in [5, 5.41) is 0.489. The number of pyridine rings is 1. The Labute approximate surface area is 146 Å². The molecule has 0 saturated carbocycles. The molecular formula is C15H19ClN4O3S. The largest absolute Gasteiger partial charge is 0.487 e. The van der Waals surface area contributed by atoms with Crippen molar-refractivity contribution in [3.8, 4) is 5.75 Å². The van der Waals surface area contributed by atoms with Gasteiger partial charge in [-0.1, -0.05) is 11.6 Å². The fourth-order valence-corrected chi connectivity index (χ4v) is 4.34. The Bertz CT molecular complexity index is 817. The fourth-order valence-electron chi connectivity index (χ4n) is 2.64. The Morgan fingerprint density at radius 2 is 2.21 bits per heavy atom. The van der Waals surface area contributed by atoms with Gasteiger partial charge in [0.1, 0.15) is 22.7 Å². The van der Waals surface area contributed by atoms with Gasteiger partial charge in [0.2, 0.25) is 0 Å². The van der Waals surface area contributed by atoms with E-state index in [9.17, 15) is 8.42 Å². The molecule has 0 spiro atoms. The summed E-state index contributed by atoms with van der Waals surface area (Å²) < 4.78 is 34.5. The highest BCUT2D eigenvalue weighted by molar-refractivity contribution is 7.89. The summed E-state index contributed by atoms with van der Waals surface area (Å²) in [6, 6.07) is 1.68. The fraction of sp³-hybridized carbons (Fsp3) is 0.467. The van der Waals surface area contributed by atoms with Gasteiger partial charge >= 0.3 is 0 Å². The number of aryl methyl sites for hydroxylation is 2. The van der Waals surface area contributed by atoms with Gasteiger partial charge in [-0.3, -0.25) is 4.98 Å². The van der Waals surface area contributed by atoms with Gasteiger partial charge < -0.3 is 9.30 Å². The maximum absolute atomic E-state index is 12.8. The lowest BCUT2D eigenvalue weighted by Crippen LogP contribution is -2.44. The number of rotatable bonds is 4. The zero-order valence-electron chi connectivity index (χ0n) is 13.5. The SMILES string of the molecule is Cc1nc(S(=O)(=O)N2CCCC(Oc3ccncc3Cl)C2)cn1C. The lowest BCUT2D eigenvalue weighted by Gasteiger charge is -2.31. The van der Waals surface area contributed by atoms with E-state index < -0.39 is 10.0 Å². The minimum absolute atomic E-state index is 0.0742. The summed E-state index contributed by atoms with van der Waals surface area (Å²) in [4.78, 5) is 8.06. The standard InChI is InChI=1S/C15H19ClN4O3S/c1-11-18-15(10-19(11)2)24(21,22)20-7-3-4-12(9-20)23-14-5-6-17-8-13(14)16/h5-6,8,10,12H,3-4,7,9H2,1-2H3. The first-order valence-electron chi connectivity index (χ1n) is 7.64. The smallest absolute Gasteiger partial charge is 0.262 e. The van der Waals surface area contributed by atoms with Gasteiger partial charge in [-0.2, -0.15) is 4.31 Å². The van der Waals surface area contributed by atoms with Crippen molar-refractivity contribution in [2.24, 2.45) is 7.05 Å². The third-order valence-corrected chi connectivity index (χ3v) is 6.08. The first-order valence-corrected chi connectivity index (χ1v) is 9.46. The Balaban J connectivity index is 1.76. The monoisotopic (exact) mass is 370 g/mol. The van der Waals surface area contributed by atoms with E-state index in [0.29, 0.717) is 23.1 Å². The van der Waals surface area contributed by atoms with E-state index >= 15 is 0 Å². The van der Waals surface area contributed by atoms with E-state index in [4.69, 9.17) is 16.3 Å². The van der Waals surface area contributed by atoms with Crippen molar-refractivity contribution in [2.75, 3.05) is 13.1 Å². The quantitative estimate of drug-likeness (QED) is 0.822. The van der Waals surface area contributed by atoms with Crippen LogP contribution in [0.25, 0.3) is 0 Å². The zero-order chi connectivity index (χ0) is 17.3. The molecule has 7 nitrogen and oxygen atoms in total. The van der Waals surface area contributed by atoms with E-state index in [-0.39, 0.29) is 17.7 Å². The van der Waals surface area contributed by atoms with Gasteiger partial charge in [-0.15, -0.1) is 0 Å². The lowest BCUT2D eigenvalue weighted by molar-refractivity contribution is 0.129. The van der Waals surface area contributed by atoms with Crippen LogP contribution in [-0.4, -0.2) is 46.5 Å². The third-order valence-electron chi connectivity index (χ3n) is 4.06.